The summed E-state index contributed by atoms with van der Waals surface area (Å²) in [4.78, 5) is 14.1. The molecule has 0 aliphatic carbocycles. The van der Waals surface area contributed by atoms with Gasteiger partial charge in [-0.3, -0.25) is 0 Å². The van der Waals surface area contributed by atoms with E-state index in [1.165, 1.54) is 0 Å². The van der Waals surface area contributed by atoms with E-state index in [2.05, 4.69) is 25.7 Å². The van der Waals surface area contributed by atoms with Crippen LogP contribution in [0.25, 0.3) is 0 Å². The van der Waals surface area contributed by atoms with Crippen molar-refractivity contribution in [2.45, 2.75) is 76.9 Å². The highest BCUT2D eigenvalue weighted by Gasteiger charge is 2.36. The Morgan fingerprint density at radius 3 is 2.50 bits per heavy atom. The molecule has 0 aromatic rings. The molecule has 114 valence electrons. The van der Waals surface area contributed by atoms with Gasteiger partial charge in [0, 0.05) is 18.1 Å². The third-order valence-electron chi connectivity index (χ3n) is 3.71. The van der Waals surface area contributed by atoms with Gasteiger partial charge in [0.1, 0.15) is 5.60 Å². The van der Waals surface area contributed by atoms with Gasteiger partial charge >= 0.3 is 6.09 Å². The number of likely N-dealkylation sites (tertiary alicyclic amines) is 1. The van der Waals surface area contributed by atoms with Crippen LogP contribution in [0.15, 0.2) is 0 Å². The summed E-state index contributed by atoms with van der Waals surface area (Å²) in [5, 5.41) is 9.38. The van der Waals surface area contributed by atoms with Crippen LogP contribution in [0.1, 0.15) is 40.0 Å². The first-order valence-corrected chi connectivity index (χ1v) is 11.0. The first-order chi connectivity index (χ1) is 9.04. The number of carbonyl (C=O) groups is 1. The lowest BCUT2D eigenvalue weighted by molar-refractivity contribution is 0.0221. The Morgan fingerprint density at radius 1 is 1.45 bits per heavy atom. The first kappa shape index (κ1) is 17.0. The van der Waals surface area contributed by atoms with Crippen LogP contribution in [-0.2, 0) is 4.74 Å². The third-order valence-corrected chi connectivity index (χ3v) is 6.17. The lowest BCUT2D eigenvalue weighted by Gasteiger charge is -2.32. The van der Waals surface area contributed by atoms with E-state index in [4.69, 9.17) is 4.74 Å². The number of nitriles is 1. The lowest BCUT2D eigenvalue weighted by Crippen LogP contribution is -2.41. The highest BCUT2D eigenvalue weighted by atomic mass is 28.3. The third kappa shape index (κ3) is 4.82. The van der Waals surface area contributed by atoms with Gasteiger partial charge in [0.05, 0.1) is 14.1 Å². The molecule has 2 atom stereocenters. The van der Waals surface area contributed by atoms with Gasteiger partial charge in [-0.15, -0.1) is 0 Å². The van der Waals surface area contributed by atoms with E-state index >= 15 is 0 Å². The number of amides is 1. The summed E-state index contributed by atoms with van der Waals surface area (Å²) in [6.45, 7) is 13.1. The minimum atomic E-state index is -1.51. The predicted molar refractivity (Wildman–Crippen MR) is 83.3 cm³/mol. The Labute approximate surface area is 124 Å². The van der Waals surface area contributed by atoms with Gasteiger partial charge in [-0.1, -0.05) is 19.6 Å². The first-order valence-electron chi connectivity index (χ1n) is 7.44. The van der Waals surface area contributed by atoms with E-state index in [0.717, 1.165) is 25.8 Å². The number of ether oxygens (including phenoxy) is 1. The summed E-state index contributed by atoms with van der Waals surface area (Å²) >= 11 is 0. The van der Waals surface area contributed by atoms with Gasteiger partial charge in [0.15, 0.2) is 0 Å². The Kier molecular flexibility index (Phi) is 5.25. The van der Waals surface area contributed by atoms with Crippen LogP contribution in [0.5, 0.6) is 0 Å². The maximum atomic E-state index is 12.2. The Balaban J connectivity index is 2.71. The van der Waals surface area contributed by atoms with Crippen molar-refractivity contribution in [1.82, 2.24) is 4.90 Å². The molecular formula is C15H28N2O2Si. The second-order valence-electron chi connectivity index (χ2n) is 7.75. The van der Waals surface area contributed by atoms with Crippen LogP contribution in [0.4, 0.5) is 4.79 Å². The molecule has 1 saturated heterocycles. The number of hydrogen-bond acceptors (Lipinski definition) is 3. The maximum absolute atomic E-state index is 12.2. The van der Waals surface area contributed by atoms with E-state index in [0.29, 0.717) is 0 Å². The minimum absolute atomic E-state index is 0.0931. The molecule has 1 heterocycles. The summed E-state index contributed by atoms with van der Waals surface area (Å²) in [6.07, 6.45) is 2.56. The number of nitrogens with zero attached hydrogens (tertiary/aromatic N) is 2. The molecule has 0 saturated carbocycles. The molecular weight excluding hydrogens is 268 g/mol. The monoisotopic (exact) mass is 296 g/mol. The maximum Gasteiger partial charge on any atom is 0.410 e. The van der Waals surface area contributed by atoms with Crippen molar-refractivity contribution in [2.75, 3.05) is 6.54 Å². The van der Waals surface area contributed by atoms with E-state index in [9.17, 15) is 10.1 Å². The zero-order valence-electron chi connectivity index (χ0n) is 13.7. The fourth-order valence-electron chi connectivity index (χ4n) is 2.51. The van der Waals surface area contributed by atoms with Crippen molar-refractivity contribution in [3.8, 4) is 6.07 Å². The largest absolute Gasteiger partial charge is 0.444 e. The molecule has 1 amide bonds. The van der Waals surface area contributed by atoms with Crippen LogP contribution in [0.2, 0.25) is 25.2 Å². The lowest BCUT2D eigenvalue weighted by atomic mass is 10.1. The zero-order valence-corrected chi connectivity index (χ0v) is 14.7. The molecule has 20 heavy (non-hydrogen) atoms. The Hall–Kier alpha value is -1.02. The van der Waals surface area contributed by atoms with Crippen molar-refractivity contribution in [2.24, 2.45) is 0 Å². The highest BCUT2D eigenvalue weighted by Crippen LogP contribution is 2.32. The predicted octanol–water partition coefficient (Wildman–Crippen LogP) is 4.01. The summed E-state index contributed by atoms with van der Waals surface area (Å²) in [7, 11) is -1.51. The molecule has 1 aliphatic rings. The van der Waals surface area contributed by atoms with Crippen molar-refractivity contribution in [1.29, 1.82) is 5.26 Å². The second kappa shape index (κ2) is 6.17. The van der Waals surface area contributed by atoms with E-state index in [-0.39, 0.29) is 17.7 Å². The summed E-state index contributed by atoms with van der Waals surface area (Å²) in [6, 6.07) is 2.63. The molecule has 1 fully saturated rings. The van der Waals surface area contributed by atoms with Crippen LogP contribution >= 0.6 is 0 Å². The molecule has 0 aromatic heterocycles. The zero-order chi connectivity index (χ0) is 15.6. The summed E-state index contributed by atoms with van der Waals surface area (Å²) < 4.78 is 5.47. The quantitative estimate of drug-likeness (QED) is 0.739. The van der Waals surface area contributed by atoms with Gasteiger partial charge in [0.2, 0.25) is 0 Å². The topological polar surface area (TPSA) is 53.3 Å². The SMILES string of the molecule is CC(C)(C)OC(=O)N1CCCC1CC(C#N)[Si](C)(C)C. The van der Waals surface area contributed by atoms with Gasteiger partial charge in [-0.25, -0.2) is 4.79 Å². The highest BCUT2D eigenvalue weighted by molar-refractivity contribution is 6.78. The minimum Gasteiger partial charge on any atom is -0.444 e. The van der Waals surface area contributed by atoms with Crippen LogP contribution in [-0.4, -0.2) is 37.3 Å². The molecule has 0 spiro atoms. The summed E-state index contributed by atoms with van der Waals surface area (Å²) in [5.74, 6) is 0. The Bertz CT molecular complexity index is 390. The van der Waals surface area contributed by atoms with Crippen LogP contribution in [0.3, 0.4) is 0 Å². The number of hydrogen-bond donors (Lipinski definition) is 0. The molecule has 0 N–H and O–H groups in total. The average Bonchev–Trinajstić information content (AvgIpc) is 2.69. The van der Waals surface area contributed by atoms with Crippen molar-refractivity contribution < 1.29 is 9.53 Å². The molecule has 0 bridgehead atoms. The van der Waals surface area contributed by atoms with E-state index in [1.54, 1.807) is 0 Å². The van der Waals surface area contributed by atoms with Crippen LogP contribution in [0, 0.1) is 11.3 Å². The van der Waals surface area contributed by atoms with Gasteiger partial charge in [-0.05, 0) is 40.0 Å². The van der Waals surface area contributed by atoms with E-state index in [1.807, 2.05) is 25.7 Å². The van der Waals surface area contributed by atoms with Gasteiger partial charge < -0.3 is 9.64 Å². The normalized spacial score (nSPS) is 21.4. The van der Waals surface area contributed by atoms with Gasteiger partial charge in [-0.2, -0.15) is 5.26 Å². The van der Waals surface area contributed by atoms with Crippen LogP contribution < -0.4 is 0 Å². The number of rotatable bonds is 3. The molecule has 5 heteroatoms. The molecule has 2 unspecified atom stereocenters. The fraction of sp³-hybridized carbons (Fsp3) is 0.867. The molecule has 1 aliphatic heterocycles. The Morgan fingerprint density at radius 2 is 2.05 bits per heavy atom. The number of carbonyl (C=O) groups excluding carboxylic acids is 1. The standard InChI is InChI=1S/C15H28N2O2Si/c1-15(2,3)19-14(18)17-9-7-8-12(17)10-13(11-16)20(4,5)6/h12-13H,7-10H2,1-6H3. The van der Waals surface area contributed by atoms with Crippen molar-refractivity contribution in [3.05, 3.63) is 0 Å². The van der Waals surface area contributed by atoms with Crippen molar-refractivity contribution in [3.63, 3.8) is 0 Å². The van der Waals surface area contributed by atoms with E-state index < -0.39 is 13.7 Å². The average molecular weight is 296 g/mol. The second-order valence-corrected chi connectivity index (χ2v) is 13.2. The fourth-order valence-corrected chi connectivity index (χ4v) is 3.88. The summed E-state index contributed by atoms with van der Waals surface area (Å²) in [5.41, 5.74) is -0.368. The van der Waals surface area contributed by atoms with Gasteiger partial charge in [0.25, 0.3) is 0 Å². The molecule has 0 aromatic carbocycles. The van der Waals surface area contributed by atoms with Crippen molar-refractivity contribution >= 4 is 14.2 Å². The molecule has 4 nitrogen and oxygen atoms in total. The smallest absolute Gasteiger partial charge is 0.410 e. The molecule has 0 radical (unpaired) electrons. The molecule has 1 rings (SSSR count).